The average molecular weight is 422 g/mol. The van der Waals surface area contributed by atoms with Crippen LogP contribution in [0.2, 0.25) is 0 Å². The number of hydrogen-bond acceptors (Lipinski definition) is 4. The number of hydrogen-bond donors (Lipinski definition) is 1. The topological polar surface area (TPSA) is 56.8 Å². The molecule has 0 aromatic heterocycles. The van der Waals surface area contributed by atoms with E-state index in [1.165, 1.54) is 0 Å². The van der Waals surface area contributed by atoms with Crippen LogP contribution in [0.15, 0.2) is 60.7 Å². The molecule has 31 heavy (non-hydrogen) atoms. The van der Waals surface area contributed by atoms with E-state index in [-0.39, 0.29) is 11.9 Å². The van der Waals surface area contributed by atoms with E-state index in [9.17, 15) is 4.79 Å². The van der Waals surface area contributed by atoms with E-state index >= 15 is 0 Å². The zero-order valence-corrected chi connectivity index (χ0v) is 18.7. The molecule has 1 amide bonds. The molecule has 0 saturated heterocycles. The second kappa shape index (κ2) is 10.7. The van der Waals surface area contributed by atoms with Crippen LogP contribution in [-0.4, -0.2) is 25.2 Å². The Morgan fingerprint density at radius 2 is 1.58 bits per heavy atom. The van der Waals surface area contributed by atoms with Crippen molar-refractivity contribution >= 4 is 16.7 Å². The van der Waals surface area contributed by atoms with Gasteiger partial charge in [0.05, 0.1) is 19.3 Å². The number of benzene rings is 3. The van der Waals surface area contributed by atoms with Crippen LogP contribution in [0.5, 0.6) is 17.2 Å². The van der Waals surface area contributed by atoms with Crippen LogP contribution < -0.4 is 19.5 Å². The van der Waals surface area contributed by atoms with Crippen molar-refractivity contribution in [1.82, 2.24) is 5.32 Å². The van der Waals surface area contributed by atoms with Gasteiger partial charge in [-0.25, -0.2) is 0 Å². The molecule has 0 aliphatic heterocycles. The summed E-state index contributed by atoms with van der Waals surface area (Å²) in [5.74, 6) is 1.96. The van der Waals surface area contributed by atoms with Crippen molar-refractivity contribution in [2.75, 3.05) is 13.2 Å². The quantitative estimate of drug-likeness (QED) is 0.458. The lowest BCUT2D eigenvalue weighted by Gasteiger charge is -2.22. The second-order valence-corrected chi connectivity index (χ2v) is 7.29. The van der Waals surface area contributed by atoms with Gasteiger partial charge in [0.1, 0.15) is 5.75 Å². The maximum absolute atomic E-state index is 13.0. The van der Waals surface area contributed by atoms with E-state index in [2.05, 4.69) is 5.32 Å². The van der Waals surface area contributed by atoms with Gasteiger partial charge in [-0.1, -0.05) is 49.4 Å². The van der Waals surface area contributed by atoms with E-state index < -0.39 is 6.10 Å². The number of ether oxygens (including phenoxy) is 3. The summed E-state index contributed by atoms with van der Waals surface area (Å²) in [6.07, 6.45) is -0.0165. The lowest BCUT2D eigenvalue weighted by atomic mass is 10.1. The van der Waals surface area contributed by atoms with Gasteiger partial charge in [-0.3, -0.25) is 4.79 Å². The predicted molar refractivity (Wildman–Crippen MR) is 124 cm³/mol. The molecule has 1 N–H and O–H groups in total. The molecule has 0 saturated carbocycles. The molecule has 2 unspecified atom stereocenters. The third kappa shape index (κ3) is 5.48. The first-order chi connectivity index (χ1) is 15.1. The number of fused-ring (bicyclic) bond motifs is 1. The molecular formula is C26H31NO4. The maximum atomic E-state index is 13.0. The van der Waals surface area contributed by atoms with E-state index in [1.54, 1.807) is 0 Å². The fourth-order valence-corrected chi connectivity index (χ4v) is 3.50. The lowest BCUT2D eigenvalue weighted by Crippen LogP contribution is -2.39. The average Bonchev–Trinajstić information content (AvgIpc) is 2.78. The first kappa shape index (κ1) is 22.5. The van der Waals surface area contributed by atoms with Gasteiger partial charge >= 0.3 is 0 Å². The molecule has 3 aromatic rings. The normalized spacial score (nSPS) is 12.8. The summed E-state index contributed by atoms with van der Waals surface area (Å²) >= 11 is 0. The number of rotatable bonds is 10. The minimum Gasteiger partial charge on any atom is -0.490 e. The molecule has 0 aliphatic carbocycles. The highest BCUT2D eigenvalue weighted by molar-refractivity contribution is 5.89. The molecule has 2 atom stereocenters. The molecule has 0 fully saturated rings. The zero-order valence-electron chi connectivity index (χ0n) is 18.7. The van der Waals surface area contributed by atoms with Gasteiger partial charge in [0, 0.05) is 5.39 Å². The Labute approximate surface area is 184 Å². The van der Waals surface area contributed by atoms with Gasteiger partial charge in [-0.15, -0.1) is 0 Å². The minimum atomic E-state index is -0.581. The molecule has 0 aliphatic rings. The second-order valence-electron chi connectivity index (χ2n) is 7.29. The Morgan fingerprint density at radius 3 is 2.32 bits per heavy atom. The number of nitrogens with one attached hydrogen (secondary N) is 1. The SMILES string of the molecule is CCOc1ccc(C(C)NC(=O)C(CC)Oc2cccc3ccccc23)cc1OCC. The Bertz CT molecular complexity index is 1010. The Balaban J connectivity index is 1.73. The third-order valence-corrected chi connectivity index (χ3v) is 5.11. The van der Waals surface area contributed by atoms with E-state index in [4.69, 9.17) is 14.2 Å². The van der Waals surface area contributed by atoms with Gasteiger partial charge in [0.25, 0.3) is 5.91 Å². The van der Waals surface area contributed by atoms with Crippen molar-refractivity contribution in [2.45, 2.75) is 46.3 Å². The van der Waals surface area contributed by atoms with Crippen LogP contribution in [0.4, 0.5) is 0 Å². The highest BCUT2D eigenvalue weighted by Gasteiger charge is 2.22. The van der Waals surface area contributed by atoms with E-state index in [1.807, 2.05) is 88.4 Å². The van der Waals surface area contributed by atoms with E-state index in [0.29, 0.717) is 36.9 Å². The minimum absolute atomic E-state index is 0.144. The Hall–Kier alpha value is -3.21. The van der Waals surface area contributed by atoms with Crippen molar-refractivity contribution in [2.24, 2.45) is 0 Å². The van der Waals surface area contributed by atoms with Gasteiger partial charge in [-0.05, 0) is 56.3 Å². The molecule has 5 nitrogen and oxygen atoms in total. The van der Waals surface area contributed by atoms with Crippen LogP contribution in [0.3, 0.4) is 0 Å². The van der Waals surface area contributed by atoms with Crippen molar-refractivity contribution in [3.05, 3.63) is 66.2 Å². The first-order valence-corrected chi connectivity index (χ1v) is 10.9. The van der Waals surface area contributed by atoms with Crippen molar-refractivity contribution in [1.29, 1.82) is 0 Å². The maximum Gasteiger partial charge on any atom is 0.261 e. The molecule has 0 spiro atoms. The molecular weight excluding hydrogens is 390 g/mol. The van der Waals surface area contributed by atoms with Crippen molar-refractivity contribution < 1.29 is 19.0 Å². The summed E-state index contributed by atoms with van der Waals surface area (Å²) in [6.45, 7) is 8.88. The zero-order chi connectivity index (χ0) is 22.2. The lowest BCUT2D eigenvalue weighted by molar-refractivity contribution is -0.128. The van der Waals surface area contributed by atoms with Gasteiger partial charge in [0.15, 0.2) is 17.6 Å². The van der Waals surface area contributed by atoms with Crippen LogP contribution in [0, 0.1) is 0 Å². The summed E-state index contributed by atoms with van der Waals surface area (Å²) in [5, 5.41) is 5.16. The standard InChI is InChI=1S/C26H31NO4/c1-5-22(31-23-14-10-12-19-11-8-9-13-21(19)23)26(28)27-18(4)20-15-16-24(29-6-2)25(17-20)30-7-3/h8-18,22H,5-7H2,1-4H3,(H,27,28). The molecule has 5 heteroatoms. The Morgan fingerprint density at radius 1 is 0.871 bits per heavy atom. The molecule has 3 aromatic carbocycles. The first-order valence-electron chi connectivity index (χ1n) is 10.9. The summed E-state index contributed by atoms with van der Waals surface area (Å²) in [4.78, 5) is 13.0. The number of amides is 1. The predicted octanol–water partition coefficient (Wildman–Crippen LogP) is 5.67. The number of carbonyl (C=O) groups excluding carboxylic acids is 1. The molecule has 0 heterocycles. The van der Waals surface area contributed by atoms with Crippen LogP contribution in [0.25, 0.3) is 10.8 Å². The summed E-state index contributed by atoms with van der Waals surface area (Å²) < 4.78 is 17.5. The summed E-state index contributed by atoms with van der Waals surface area (Å²) in [5.41, 5.74) is 0.945. The van der Waals surface area contributed by atoms with Gasteiger partial charge in [0.2, 0.25) is 0 Å². The summed E-state index contributed by atoms with van der Waals surface area (Å²) in [7, 11) is 0. The molecule has 164 valence electrons. The van der Waals surface area contributed by atoms with Crippen molar-refractivity contribution in [3.63, 3.8) is 0 Å². The van der Waals surface area contributed by atoms with Gasteiger partial charge in [-0.2, -0.15) is 0 Å². The van der Waals surface area contributed by atoms with Crippen LogP contribution in [-0.2, 0) is 4.79 Å². The van der Waals surface area contributed by atoms with E-state index in [0.717, 1.165) is 16.3 Å². The fourth-order valence-electron chi connectivity index (χ4n) is 3.50. The summed E-state index contributed by atoms with van der Waals surface area (Å²) in [6, 6.07) is 19.4. The third-order valence-electron chi connectivity index (χ3n) is 5.11. The highest BCUT2D eigenvalue weighted by Crippen LogP contribution is 2.31. The van der Waals surface area contributed by atoms with Crippen LogP contribution in [0.1, 0.15) is 45.7 Å². The monoisotopic (exact) mass is 421 g/mol. The molecule has 0 bridgehead atoms. The van der Waals surface area contributed by atoms with Gasteiger partial charge < -0.3 is 19.5 Å². The molecule has 3 rings (SSSR count). The molecule has 0 radical (unpaired) electrons. The smallest absolute Gasteiger partial charge is 0.261 e. The number of carbonyl (C=O) groups is 1. The Kier molecular flexibility index (Phi) is 7.76. The fraction of sp³-hybridized carbons (Fsp3) is 0.346. The van der Waals surface area contributed by atoms with Crippen molar-refractivity contribution in [3.8, 4) is 17.2 Å². The highest BCUT2D eigenvalue weighted by atomic mass is 16.5. The largest absolute Gasteiger partial charge is 0.490 e. The van der Waals surface area contributed by atoms with Crippen LogP contribution >= 0.6 is 0 Å².